The van der Waals surface area contributed by atoms with Crippen molar-refractivity contribution in [3.63, 3.8) is 0 Å². The van der Waals surface area contributed by atoms with Gasteiger partial charge < -0.3 is 14.2 Å². The van der Waals surface area contributed by atoms with Gasteiger partial charge in [-0.3, -0.25) is 0 Å². The van der Waals surface area contributed by atoms with Crippen LogP contribution in [0.4, 0.5) is 0 Å². The second-order valence-electron chi connectivity index (χ2n) is 6.03. The predicted octanol–water partition coefficient (Wildman–Crippen LogP) is 4.74. The average molecular weight is 353 g/mol. The number of aromatic nitrogens is 1. The van der Waals surface area contributed by atoms with Crippen LogP contribution in [0, 0.1) is 6.92 Å². The minimum atomic E-state index is 0.716. The van der Waals surface area contributed by atoms with Gasteiger partial charge in [0.25, 0.3) is 0 Å². The summed E-state index contributed by atoms with van der Waals surface area (Å²) < 4.78 is 21.3. The number of benzene rings is 2. The monoisotopic (exact) mass is 353 g/mol. The molecular formula is C20H19NO3S. The van der Waals surface area contributed by atoms with Crippen molar-refractivity contribution in [2.24, 2.45) is 0 Å². The molecule has 0 atom stereocenters. The summed E-state index contributed by atoms with van der Waals surface area (Å²) in [6.45, 7) is 2.78. The number of hydrogen-bond donors (Lipinski definition) is 0. The summed E-state index contributed by atoms with van der Waals surface area (Å²) in [5, 5.41) is 2.08. The third kappa shape index (κ3) is 2.74. The zero-order valence-electron chi connectivity index (χ0n) is 14.5. The Morgan fingerprint density at radius 1 is 1.08 bits per heavy atom. The van der Waals surface area contributed by atoms with Crippen molar-refractivity contribution >= 4 is 11.5 Å². The molecular weight excluding hydrogens is 334 g/mol. The van der Waals surface area contributed by atoms with Crippen LogP contribution in [0.15, 0.2) is 35.7 Å². The van der Waals surface area contributed by atoms with Gasteiger partial charge in [0.05, 0.1) is 26.5 Å². The minimum absolute atomic E-state index is 0.716. The quantitative estimate of drug-likeness (QED) is 0.679. The van der Waals surface area contributed by atoms with Crippen molar-refractivity contribution in [1.82, 2.24) is 4.37 Å². The number of fused-ring (bicyclic) bond motifs is 1. The van der Waals surface area contributed by atoms with Crippen molar-refractivity contribution in [3.8, 4) is 39.6 Å². The number of nitrogens with zero attached hydrogens (tertiary/aromatic N) is 1. The van der Waals surface area contributed by atoms with E-state index in [1.165, 1.54) is 17.1 Å². The summed E-state index contributed by atoms with van der Waals surface area (Å²) in [5.41, 5.74) is 6.50. The Kier molecular flexibility index (Phi) is 4.09. The van der Waals surface area contributed by atoms with E-state index in [1.807, 2.05) is 13.0 Å². The van der Waals surface area contributed by atoms with E-state index < -0.39 is 0 Å². The Morgan fingerprint density at radius 3 is 2.76 bits per heavy atom. The largest absolute Gasteiger partial charge is 0.493 e. The molecule has 4 nitrogen and oxygen atoms in total. The lowest BCUT2D eigenvalue weighted by Gasteiger charge is -2.13. The molecule has 0 N–H and O–H groups in total. The Balaban J connectivity index is 1.81. The molecule has 0 unspecified atom stereocenters. The number of hydrogen-bond acceptors (Lipinski definition) is 5. The van der Waals surface area contributed by atoms with Crippen LogP contribution in [0.2, 0.25) is 0 Å². The van der Waals surface area contributed by atoms with Gasteiger partial charge in [0.15, 0.2) is 11.5 Å². The molecule has 2 aromatic carbocycles. The molecule has 0 saturated heterocycles. The first-order chi connectivity index (χ1) is 12.2. The van der Waals surface area contributed by atoms with Gasteiger partial charge in [0.2, 0.25) is 0 Å². The lowest BCUT2D eigenvalue weighted by molar-refractivity contribution is 0.353. The first-order valence-corrected chi connectivity index (χ1v) is 8.98. The van der Waals surface area contributed by atoms with Gasteiger partial charge in [-0.2, -0.15) is 4.37 Å². The van der Waals surface area contributed by atoms with Crippen molar-refractivity contribution in [2.75, 3.05) is 20.8 Å². The van der Waals surface area contributed by atoms with Crippen LogP contribution in [0.1, 0.15) is 11.1 Å². The molecule has 1 aliphatic rings. The van der Waals surface area contributed by atoms with Crippen LogP contribution in [0.3, 0.4) is 0 Å². The van der Waals surface area contributed by atoms with Crippen LogP contribution in [-0.2, 0) is 6.42 Å². The molecule has 0 spiro atoms. The Bertz CT molecular complexity index is 933. The summed E-state index contributed by atoms with van der Waals surface area (Å²) in [4.78, 5) is 0. The summed E-state index contributed by atoms with van der Waals surface area (Å²) in [5.74, 6) is 2.46. The maximum atomic E-state index is 5.72. The van der Waals surface area contributed by atoms with Crippen LogP contribution in [-0.4, -0.2) is 25.2 Å². The highest BCUT2D eigenvalue weighted by Gasteiger charge is 2.18. The lowest BCUT2D eigenvalue weighted by atomic mass is 9.98. The standard InChI is InChI=1S/C20H19NO3S/c1-12-8-15(10-18(22-2)20(12)23-3)19-16(11-25-21-19)14-5-4-13-6-7-24-17(13)9-14/h4-5,8-11H,6-7H2,1-3H3. The minimum Gasteiger partial charge on any atom is -0.493 e. The number of aryl methyl sites for hydroxylation is 1. The maximum absolute atomic E-state index is 5.72. The Morgan fingerprint density at radius 2 is 1.96 bits per heavy atom. The molecule has 2 heterocycles. The van der Waals surface area contributed by atoms with E-state index in [0.717, 1.165) is 52.5 Å². The highest BCUT2D eigenvalue weighted by atomic mass is 32.1. The first kappa shape index (κ1) is 16.0. The fourth-order valence-electron chi connectivity index (χ4n) is 3.28. The molecule has 5 heteroatoms. The number of methoxy groups -OCH3 is 2. The first-order valence-electron chi connectivity index (χ1n) is 8.14. The average Bonchev–Trinajstić information content (AvgIpc) is 3.29. The van der Waals surface area contributed by atoms with Gasteiger partial charge >= 0.3 is 0 Å². The molecule has 0 bridgehead atoms. The molecule has 0 fully saturated rings. The van der Waals surface area contributed by atoms with E-state index in [0.29, 0.717) is 5.75 Å². The molecule has 0 aliphatic carbocycles. The predicted molar refractivity (Wildman–Crippen MR) is 100 cm³/mol. The molecule has 0 radical (unpaired) electrons. The highest BCUT2D eigenvalue weighted by Crippen LogP contribution is 2.40. The van der Waals surface area contributed by atoms with Gasteiger partial charge in [-0.1, -0.05) is 12.1 Å². The van der Waals surface area contributed by atoms with Crippen LogP contribution in [0.5, 0.6) is 17.2 Å². The number of ether oxygens (including phenoxy) is 3. The van der Waals surface area contributed by atoms with E-state index in [4.69, 9.17) is 14.2 Å². The maximum Gasteiger partial charge on any atom is 0.163 e. The SMILES string of the molecule is COc1cc(-c2nscc2-c2ccc3c(c2)OCC3)cc(C)c1OC. The topological polar surface area (TPSA) is 40.6 Å². The summed E-state index contributed by atoms with van der Waals surface area (Å²) in [7, 11) is 3.31. The van der Waals surface area contributed by atoms with E-state index in [-0.39, 0.29) is 0 Å². The van der Waals surface area contributed by atoms with Crippen LogP contribution >= 0.6 is 11.5 Å². The fourth-order valence-corrected chi connectivity index (χ4v) is 3.99. The summed E-state index contributed by atoms with van der Waals surface area (Å²) >= 11 is 1.46. The fraction of sp³-hybridized carbons (Fsp3) is 0.250. The third-order valence-corrected chi connectivity index (χ3v) is 5.14. The molecule has 1 aliphatic heterocycles. The van der Waals surface area contributed by atoms with Gasteiger partial charge in [0, 0.05) is 22.9 Å². The van der Waals surface area contributed by atoms with E-state index >= 15 is 0 Å². The van der Waals surface area contributed by atoms with Gasteiger partial charge in [-0.25, -0.2) is 0 Å². The third-order valence-electron chi connectivity index (χ3n) is 4.51. The Labute approximate surface area is 151 Å². The Hall–Kier alpha value is -2.53. The van der Waals surface area contributed by atoms with Gasteiger partial charge in [0.1, 0.15) is 5.75 Å². The van der Waals surface area contributed by atoms with Crippen LogP contribution < -0.4 is 14.2 Å². The van der Waals surface area contributed by atoms with Crippen molar-refractivity contribution in [1.29, 1.82) is 0 Å². The van der Waals surface area contributed by atoms with E-state index in [9.17, 15) is 0 Å². The van der Waals surface area contributed by atoms with E-state index in [2.05, 4.69) is 34.0 Å². The highest BCUT2D eigenvalue weighted by molar-refractivity contribution is 7.04. The number of rotatable bonds is 4. The lowest BCUT2D eigenvalue weighted by Crippen LogP contribution is -1.94. The molecule has 25 heavy (non-hydrogen) atoms. The van der Waals surface area contributed by atoms with Crippen molar-refractivity contribution in [2.45, 2.75) is 13.3 Å². The van der Waals surface area contributed by atoms with E-state index in [1.54, 1.807) is 14.2 Å². The molecule has 4 rings (SSSR count). The second-order valence-corrected chi connectivity index (χ2v) is 6.66. The van der Waals surface area contributed by atoms with Crippen molar-refractivity contribution in [3.05, 3.63) is 46.8 Å². The molecule has 3 aromatic rings. The molecule has 0 saturated carbocycles. The normalized spacial score (nSPS) is 12.6. The molecule has 1 aromatic heterocycles. The van der Waals surface area contributed by atoms with Gasteiger partial charge in [-0.05, 0) is 53.3 Å². The second kappa shape index (κ2) is 6.41. The van der Waals surface area contributed by atoms with Crippen LogP contribution in [0.25, 0.3) is 22.4 Å². The zero-order valence-corrected chi connectivity index (χ0v) is 15.3. The van der Waals surface area contributed by atoms with Gasteiger partial charge in [-0.15, -0.1) is 0 Å². The molecule has 0 amide bonds. The van der Waals surface area contributed by atoms with Crippen molar-refractivity contribution < 1.29 is 14.2 Å². The molecule has 128 valence electrons. The smallest absolute Gasteiger partial charge is 0.163 e. The summed E-state index contributed by atoms with van der Waals surface area (Å²) in [6, 6.07) is 10.5. The zero-order chi connectivity index (χ0) is 17.4. The summed E-state index contributed by atoms with van der Waals surface area (Å²) in [6.07, 6.45) is 0.985.